The van der Waals surface area contributed by atoms with Gasteiger partial charge < -0.3 is 29.5 Å². The monoisotopic (exact) mass is 456 g/mol. The molecule has 8 nitrogen and oxygen atoms in total. The minimum atomic E-state index is -1.94. The fourth-order valence-corrected chi connectivity index (χ4v) is 6.03. The fraction of sp³-hybridized carbons (Fsp3) is 0.727. The third kappa shape index (κ3) is 3.18. The van der Waals surface area contributed by atoms with Crippen molar-refractivity contribution in [2.24, 2.45) is 23.2 Å². The van der Waals surface area contributed by atoms with E-state index in [9.17, 15) is 24.9 Å². The first-order chi connectivity index (χ1) is 14.5. The molecule has 2 aliphatic carbocycles. The summed E-state index contributed by atoms with van der Waals surface area (Å²) in [5.74, 6) is -3.53. The minimum absolute atomic E-state index is 0.0534. The number of ether oxygens (including phenoxy) is 3. The average Bonchev–Trinajstić information content (AvgIpc) is 3.49. The second-order valence-corrected chi connectivity index (χ2v) is 9.71. The van der Waals surface area contributed by atoms with Crippen LogP contribution in [0, 0.1) is 23.2 Å². The van der Waals surface area contributed by atoms with Crippen LogP contribution in [0.4, 0.5) is 0 Å². The van der Waals surface area contributed by atoms with Crippen molar-refractivity contribution >= 4 is 23.5 Å². The Labute approximate surface area is 185 Å². The molecule has 0 aromatic heterocycles. The van der Waals surface area contributed by atoms with Crippen molar-refractivity contribution in [2.45, 2.75) is 69.9 Å². The predicted molar refractivity (Wildman–Crippen MR) is 109 cm³/mol. The number of carbonyl (C=O) groups excluding carboxylic acids is 2. The minimum Gasteiger partial charge on any atom is -0.459 e. The van der Waals surface area contributed by atoms with Crippen LogP contribution in [0.15, 0.2) is 23.8 Å². The lowest BCUT2D eigenvalue weighted by atomic mass is 9.54. The molecule has 0 spiro atoms. The number of aliphatic hydroxyl groups excluding tert-OH is 2. The van der Waals surface area contributed by atoms with Crippen LogP contribution < -0.4 is 0 Å². The van der Waals surface area contributed by atoms with Gasteiger partial charge in [-0.3, -0.25) is 9.59 Å². The molecule has 0 aromatic carbocycles. The first-order valence-corrected chi connectivity index (χ1v) is 11.1. The van der Waals surface area contributed by atoms with Crippen molar-refractivity contribution in [3.8, 4) is 0 Å². The largest absolute Gasteiger partial charge is 0.459 e. The number of halogens is 1. The Balaban J connectivity index is 1.96. The van der Waals surface area contributed by atoms with E-state index in [4.69, 9.17) is 25.8 Å². The van der Waals surface area contributed by atoms with E-state index in [1.165, 1.54) is 19.9 Å². The van der Waals surface area contributed by atoms with Crippen LogP contribution in [0.3, 0.4) is 0 Å². The van der Waals surface area contributed by atoms with Gasteiger partial charge >= 0.3 is 11.9 Å². The van der Waals surface area contributed by atoms with Crippen LogP contribution in [-0.2, 0) is 23.8 Å². The summed E-state index contributed by atoms with van der Waals surface area (Å²) in [5, 5.41) is 34.1. The Kier molecular flexibility index (Phi) is 5.54. The number of fused-ring (bicyclic) bond motifs is 4. The SMILES string of the molecule is CC(=O)OC1C2C(C)C(O)C3OC3C2(C)C(O)C=CC(CCl)=CC2OC(=O)C(C)C21O. The molecule has 11 unspecified atom stereocenters. The third-order valence-corrected chi connectivity index (χ3v) is 8.08. The van der Waals surface area contributed by atoms with Gasteiger partial charge in [0.1, 0.15) is 12.2 Å². The number of esters is 2. The molecule has 3 fully saturated rings. The average molecular weight is 457 g/mol. The first-order valence-electron chi connectivity index (χ1n) is 10.5. The van der Waals surface area contributed by atoms with Gasteiger partial charge in [0.05, 0.1) is 24.2 Å². The zero-order valence-corrected chi connectivity index (χ0v) is 18.7. The van der Waals surface area contributed by atoms with Gasteiger partial charge in [-0.25, -0.2) is 0 Å². The van der Waals surface area contributed by atoms with E-state index in [0.29, 0.717) is 5.57 Å². The van der Waals surface area contributed by atoms with Gasteiger partial charge in [-0.15, -0.1) is 11.6 Å². The Morgan fingerprint density at radius 3 is 2.61 bits per heavy atom. The molecule has 0 radical (unpaired) electrons. The molecule has 2 heterocycles. The number of rotatable bonds is 2. The molecule has 3 N–H and O–H groups in total. The van der Waals surface area contributed by atoms with E-state index < -0.39 is 77.3 Å². The van der Waals surface area contributed by atoms with Gasteiger partial charge in [0.2, 0.25) is 0 Å². The molecule has 2 aliphatic heterocycles. The van der Waals surface area contributed by atoms with Crippen LogP contribution in [0.5, 0.6) is 0 Å². The maximum absolute atomic E-state index is 12.6. The van der Waals surface area contributed by atoms with Gasteiger partial charge in [-0.1, -0.05) is 26.0 Å². The maximum atomic E-state index is 12.6. The van der Waals surface area contributed by atoms with Crippen LogP contribution in [0.2, 0.25) is 0 Å². The zero-order chi connectivity index (χ0) is 22.9. The van der Waals surface area contributed by atoms with Crippen molar-refractivity contribution in [1.29, 1.82) is 0 Å². The summed E-state index contributed by atoms with van der Waals surface area (Å²) in [6.07, 6.45) is -0.560. The van der Waals surface area contributed by atoms with E-state index in [-0.39, 0.29) is 5.88 Å². The second kappa shape index (κ2) is 7.56. The molecule has 0 aromatic rings. The van der Waals surface area contributed by atoms with Crippen LogP contribution in [-0.4, -0.2) is 75.4 Å². The van der Waals surface area contributed by atoms with Crippen molar-refractivity contribution < 1.29 is 39.1 Å². The van der Waals surface area contributed by atoms with E-state index in [0.717, 1.165) is 0 Å². The van der Waals surface area contributed by atoms with Crippen molar-refractivity contribution in [3.63, 3.8) is 0 Å². The van der Waals surface area contributed by atoms with E-state index in [1.54, 1.807) is 26.0 Å². The summed E-state index contributed by atoms with van der Waals surface area (Å²) < 4.78 is 17.0. The van der Waals surface area contributed by atoms with E-state index >= 15 is 0 Å². The van der Waals surface area contributed by atoms with Gasteiger partial charge in [0.25, 0.3) is 0 Å². The van der Waals surface area contributed by atoms with Gasteiger partial charge in [0, 0.05) is 24.1 Å². The van der Waals surface area contributed by atoms with E-state index in [2.05, 4.69) is 0 Å². The third-order valence-electron chi connectivity index (χ3n) is 7.77. The lowest BCUT2D eigenvalue weighted by Gasteiger charge is -2.53. The maximum Gasteiger partial charge on any atom is 0.312 e. The molecule has 1 saturated carbocycles. The highest BCUT2D eigenvalue weighted by Gasteiger charge is 2.73. The highest BCUT2D eigenvalue weighted by Crippen LogP contribution is 2.60. The smallest absolute Gasteiger partial charge is 0.312 e. The molecule has 0 bridgehead atoms. The molecular formula is C22H29ClO8. The summed E-state index contributed by atoms with van der Waals surface area (Å²) in [6, 6.07) is 0. The number of allylic oxidation sites excluding steroid dienone is 2. The first kappa shape index (κ1) is 22.7. The molecule has 4 aliphatic rings. The van der Waals surface area contributed by atoms with Crippen molar-refractivity contribution in [2.75, 3.05) is 5.88 Å². The lowest BCUT2D eigenvalue weighted by Crippen LogP contribution is -2.66. The molecule has 31 heavy (non-hydrogen) atoms. The quantitative estimate of drug-likeness (QED) is 0.315. The summed E-state index contributed by atoms with van der Waals surface area (Å²) >= 11 is 6.06. The fourth-order valence-electron chi connectivity index (χ4n) is 5.85. The van der Waals surface area contributed by atoms with E-state index in [1.807, 2.05) is 0 Å². The number of aliphatic hydroxyl groups is 3. The standard InChI is InChI=1S/C22H29ClO8/c1-9-15-18(29-11(3)24)22(28)10(2)20(27)30-14(22)7-12(8-23)5-6-13(25)21(15,4)19-17(31-19)16(9)26/h5-7,9-10,13-19,25-26,28H,8H2,1-4H3. The topological polar surface area (TPSA) is 126 Å². The highest BCUT2D eigenvalue weighted by atomic mass is 35.5. The number of epoxide rings is 1. The molecule has 2 saturated heterocycles. The molecule has 4 rings (SSSR count). The Morgan fingerprint density at radius 1 is 1.32 bits per heavy atom. The Bertz CT molecular complexity index is 841. The Morgan fingerprint density at radius 2 is 2.00 bits per heavy atom. The summed E-state index contributed by atoms with van der Waals surface area (Å²) in [7, 11) is 0. The van der Waals surface area contributed by atoms with Gasteiger partial charge in [-0.05, 0) is 24.5 Å². The molecule has 172 valence electrons. The molecule has 9 heteroatoms. The van der Waals surface area contributed by atoms with Gasteiger partial charge in [-0.2, -0.15) is 0 Å². The number of hydrogen-bond acceptors (Lipinski definition) is 8. The predicted octanol–water partition coefficient (Wildman–Crippen LogP) is 0.707. The highest BCUT2D eigenvalue weighted by molar-refractivity contribution is 6.19. The molecule has 11 atom stereocenters. The summed E-state index contributed by atoms with van der Waals surface area (Å²) in [5.41, 5.74) is -2.43. The normalized spacial score (nSPS) is 51.0. The molecule has 0 amide bonds. The second-order valence-electron chi connectivity index (χ2n) is 9.44. The number of alkyl halides is 1. The summed E-state index contributed by atoms with van der Waals surface area (Å²) in [4.78, 5) is 24.7. The van der Waals surface area contributed by atoms with Crippen molar-refractivity contribution in [1.82, 2.24) is 0 Å². The van der Waals surface area contributed by atoms with Crippen molar-refractivity contribution in [3.05, 3.63) is 23.8 Å². The summed E-state index contributed by atoms with van der Waals surface area (Å²) in [6.45, 7) is 6.30. The van der Waals surface area contributed by atoms with Crippen LogP contribution in [0.25, 0.3) is 0 Å². The van der Waals surface area contributed by atoms with Crippen LogP contribution in [0.1, 0.15) is 27.7 Å². The molecular weight excluding hydrogens is 428 g/mol. The Hall–Kier alpha value is -1.45. The van der Waals surface area contributed by atoms with Crippen LogP contribution >= 0.6 is 11.6 Å². The zero-order valence-electron chi connectivity index (χ0n) is 17.9. The number of carbonyl (C=O) groups is 2. The van der Waals surface area contributed by atoms with Gasteiger partial charge in [0.15, 0.2) is 11.7 Å². The lowest BCUT2D eigenvalue weighted by molar-refractivity contribution is -0.213. The number of hydrogen-bond donors (Lipinski definition) is 3.